The van der Waals surface area contributed by atoms with Gasteiger partial charge in [0.05, 0.1) is 0 Å². The van der Waals surface area contributed by atoms with E-state index in [-0.39, 0.29) is 24.2 Å². The summed E-state index contributed by atoms with van der Waals surface area (Å²) in [6.07, 6.45) is 0.300. The smallest absolute Gasteiger partial charge is 0.182 e. The molecular formula is C13H13F3N2O2. The number of Topliss-reactive ketones (excluding diaryl/α,β-unsaturated/α-hetero) is 1. The van der Waals surface area contributed by atoms with Gasteiger partial charge in [-0.05, 0) is 18.1 Å². The molecule has 0 aromatic heterocycles. The summed E-state index contributed by atoms with van der Waals surface area (Å²) in [5, 5.41) is 3.57. The Morgan fingerprint density at radius 2 is 2.00 bits per heavy atom. The van der Waals surface area contributed by atoms with E-state index in [0.29, 0.717) is 24.8 Å². The molecule has 0 amide bonds. The second-order valence-electron chi connectivity index (χ2n) is 4.57. The number of carbonyl (C=O) groups is 1. The van der Waals surface area contributed by atoms with E-state index in [2.05, 4.69) is 5.16 Å². The molecule has 0 spiro atoms. The first kappa shape index (κ1) is 14.5. The number of ketones is 1. The number of hydrogen-bond acceptors (Lipinski definition) is 4. The second-order valence-corrected chi connectivity index (χ2v) is 4.57. The van der Waals surface area contributed by atoms with E-state index in [1.807, 2.05) is 0 Å². The van der Waals surface area contributed by atoms with Crippen molar-refractivity contribution in [1.29, 1.82) is 0 Å². The van der Waals surface area contributed by atoms with Crippen LogP contribution in [0.15, 0.2) is 17.3 Å². The molecule has 2 N–H and O–H groups in total. The average molecular weight is 286 g/mol. The van der Waals surface area contributed by atoms with Crippen molar-refractivity contribution in [2.24, 2.45) is 10.9 Å². The number of nitrogens with zero attached hydrogens (tertiary/aromatic N) is 1. The molecule has 4 nitrogen and oxygen atoms in total. The number of oxime groups is 1. The van der Waals surface area contributed by atoms with Crippen molar-refractivity contribution in [3.05, 3.63) is 35.1 Å². The maximum absolute atomic E-state index is 13.4. The maximum atomic E-state index is 13.4. The third-order valence-corrected chi connectivity index (χ3v) is 2.95. The zero-order valence-corrected chi connectivity index (χ0v) is 10.5. The first-order valence-electron chi connectivity index (χ1n) is 6.08. The molecule has 7 heteroatoms. The first-order valence-corrected chi connectivity index (χ1v) is 6.08. The lowest BCUT2D eigenvalue weighted by Crippen LogP contribution is -2.29. The fourth-order valence-corrected chi connectivity index (χ4v) is 1.93. The molecule has 0 unspecified atom stereocenters. The Morgan fingerprint density at radius 1 is 1.30 bits per heavy atom. The average Bonchev–Trinajstić information content (AvgIpc) is 2.89. The SMILES string of the molecule is N[C@@H](CC(=O)C1=NOCC1)Cc1cc(F)c(F)cc1F. The highest BCUT2D eigenvalue weighted by Crippen LogP contribution is 2.16. The second kappa shape index (κ2) is 6.04. The largest absolute Gasteiger partial charge is 0.395 e. The van der Waals surface area contributed by atoms with Crippen LogP contribution in [0.1, 0.15) is 18.4 Å². The van der Waals surface area contributed by atoms with Crippen molar-refractivity contribution in [2.45, 2.75) is 25.3 Å². The minimum absolute atomic E-state index is 0.0549. The molecule has 20 heavy (non-hydrogen) atoms. The zero-order valence-electron chi connectivity index (χ0n) is 10.5. The molecule has 1 heterocycles. The van der Waals surface area contributed by atoms with Gasteiger partial charge in [-0.2, -0.15) is 0 Å². The highest BCUT2D eigenvalue weighted by Gasteiger charge is 2.21. The van der Waals surface area contributed by atoms with E-state index in [0.717, 1.165) is 6.07 Å². The zero-order chi connectivity index (χ0) is 14.7. The Morgan fingerprint density at radius 3 is 2.65 bits per heavy atom. The molecule has 0 bridgehead atoms. The molecule has 0 radical (unpaired) electrons. The molecule has 1 aliphatic rings. The predicted octanol–water partition coefficient (Wildman–Crippen LogP) is 1.71. The fourth-order valence-electron chi connectivity index (χ4n) is 1.93. The highest BCUT2D eigenvalue weighted by atomic mass is 19.2. The molecule has 108 valence electrons. The van der Waals surface area contributed by atoms with Crippen molar-refractivity contribution in [3.8, 4) is 0 Å². The minimum Gasteiger partial charge on any atom is -0.395 e. The van der Waals surface area contributed by atoms with E-state index in [9.17, 15) is 18.0 Å². The van der Waals surface area contributed by atoms with Gasteiger partial charge in [0, 0.05) is 24.9 Å². The molecule has 1 aromatic carbocycles. The summed E-state index contributed by atoms with van der Waals surface area (Å²) in [6.45, 7) is 0.355. The summed E-state index contributed by atoms with van der Waals surface area (Å²) < 4.78 is 39.3. The molecule has 0 aliphatic carbocycles. The number of hydrogen-bond donors (Lipinski definition) is 1. The third kappa shape index (κ3) is 3.36. The maximum Gasteiger partial charge on any atom is 0.182 e. The van der Waals surface area contributed by atoms with Crippen LogP contribution in [0.5, 0.6) is 0 Å². The highest BCUT2D eigenvalue weighted by molar-refractivity contribution is 6.40. The minimum atomic E-state index is -1.26. The molecule has 0 saturated heterocycles. The predicted molar refractivity (Wildman–Crippen MR) is 65.6 cm³/mol. The van der Waals surface area contributed by atoms with Gasteiger partial charge in [-0.3, -0.25) is 4.79 Å². The summed E-state index contributed by atoms with van der Waals surface area (Å²) >= 11 is 0. The van der Waals surface area contributed by atoms with Gasteiger partial charge in [0.15, 0.2) is 17.4 Å². The van der Waals surface area contributed by atoms with Crippen molar-refractivity contribution < 1.29 is 22.8 Å². The summed E-state index contributed by atoms with van der Waals surface area (Å²) in [7, 11) is 0. The van der Waals surface area contributed by atoms with Crippen LogP contribution in [0, 0.1) is 17.5 Å². The lowest BCUT2D eigenvalue weighted by molar-refractivity contribution is -0.113. The fraction of sp³-hybridized carbons (Fsp3) is 0.385. The van der Waals surface area contributed by atoms with Crippen LogP contribution in [-0.2, 0) is 16.1 Å². The van der Waals surface area contributed by atoms with E-state index >= 15 is 0 Å². The Labute approximate surface area is 113 Å². The van der Waals surface area contributed by atoms with Crippen molar-refractivity contribution in [1.82, 2.24) is 0 Å². The lowest BCUT2D eigenvalue weighted by Gasteiger charge is -2.11. The van der Waals surface area contributed by atoms with Gasteiger partial charge in [-0.1, -0.05) is 5.16 Å². The van der Waals surface area contributed by atoms with Gasteiger partial charge in [0.2, 0.25) is 0 Å². The number of halogens is 3. The number of nitrogens with two attached hydrogens (primary N) is 1. The van der Waals surface area contributed by atoms with Crippen LogP contribution in [0.4, 0.5) is 13.2 Å². The summed E-state index contributed by atoms with van der Waals surface area (Å²) in [5.41, 5.74) is 5.97. The third-order valence-electron chi connectivity index (χ3n) is 2.95. The summed E-state index contributed by atoms with van der Waals surface area (Å²) in [6, 6.07) is 0.518. The standard InChI is InChI=1S/C13H13F3N2O2/c14-9-6-11(16)10(15)4-7(9)3-8(17)5-13(19)12-1-2-20-18-12/h4,6,8H,1-3,5,17H2/t8-/m1/s1. The van der Waals surface area contributed by atoms with Gasteiger partial charge < -0.3 is 10.6 Å². The molecule has 1 aliphatic heterocycles. The molecule has 0 saturated carbocycles. The van der Waals surface area contributed by atoms with Crippen LogP contribution in [0.2, 0.25) is 0 Å². The van der Waals surface area contributed by atoms with E-state index < -0.39 is 23.5 Å². The Kier molecular flexibility index (Phi) is 4.39. The molecule has 0 fully saturated rings. The first-order chi connectivity index (χ1) is 9.47. The topological polar surface area (TPSA) is 64.7 Å². The Bertz CT molecular complexity index is 561. The summed E-state index contributed by atoms with van der Waals surface area (Å²) in [4.78, 5) is 16.4. The van der Waals surface area contributed by atoms with Gasteiger partial charge >= 0.3 is 0 Å². The van der Waals surface area contributed by atoms with Gasteiger partial charge in [-0.15, -0.1) is 0 Å². The van der Waals surface area contributed by atoms with Crippen molar-refractivity contribution in [3.63, 3.8) is 0 Å². The van der Waals surface area contributed by atoms with E-state index in [1.165, 1.54) is 0 Å². The Hall–Kier alpha value is -1.89. The Balaban J connectivity index is 1.99. The lowest BCUT2D eigenvalue weighted by atomic mass is 9.99. The quantitative estimate of drug-likeness (QED) is 0.838. The molecule has 1 aromatic rings. The van der Waals surface area contributed by atoms with Gasteiger partial charge in [0.1, 0.15) is 18.1 Å². The molecule has 1 atom stereocenters. The number of benzene rings is 1. The van der Waals surface area contributed by atoms with E-state index in [1.54, 1.807) is 0 Å². The van der Waals surface area contributed by atoms with Crippen LogP contribution in [0.25, 0.3) is 0 Å². The van der Waals surface area contributed by atoms with Crippen LogP contribution in [-0.4, -0.2) is 24.1 Å². The molecular weight excluding hydrogens is 273 g/mol. The van der Waals surface area contributed by atoms with Crippen molar-refractivity contribution in [2.75, 3.05) is 6.61 Å². The van der Waals surface area contributed by atoms with Gasteiger partial charge in [0.25, 0.3) is 0 Å². The number of carbonyl (C=O) groups excluding carboxylic acids is 1. The number of rotatable bonds is 5. The molecule has 2 rings (SSSR count). The van der Waals surface area contributed by atoms with Gasteiger partial charge in [-0.25, -0.2) is 13.2 Å². The monoisotopic (exact) mass is 286 g/mol. The van der Waals surface area contributed by atoms with Crippen LogP contribution >= 0.6 is 0 Å². The van der Waals surface area contributed by atoms with Crippen LogP contribution < -0.4 is 5.73 Å². The van der Waals surface area contributed by atoms with E-state index in [4.69, 9.17) is 10.6 Å². The van der Waals surface area contributed by atoms with Crippen molar-refractivity contribution >= 4 is 11.5 Å². The normalized spacial score (nSPS) is 15.7. The summed E-state index contributed by atoms with van der Waals surface area (Å²) in [5.74, 6) is -3.56. The van der Waals surface area contributed by atoms with Crippen LogP contribution in [0.3, 0.4) is 0 Å².